The van der Waals surface area contributed by atoms with Crippen LogP contribution in [0.2, 0.25) is 0 Å². The van der Waals surface area contributed by atoms with Gasteiger partial charge in [-0.2, -0.15) is 0 Å². The molecule has 2 aromatic carbocycles. The molecule has 2 N–H and O–H groups in total. The van der Waals surface area contributed by atoms with E-state index in [1.807, 2.05) is 42.8 Å². The summed E-state index contributed by atoms with van der Waals surface area (Å²) in [5, 5.41) is 14.9. The van der Waals surface area contributed by atoms with Gasteiger partial charge in [-0.05, 0) is 48.7 Å². The number of rotatable bonds is 8. The molecule has 3 rings (SSSR count). The zero-order chi connectivity index (χ0) is 21.3. The third kappa shape index (κ3) is 7.50. The van der Waals surface area contributed by atoms with Gasteiger partial charge in [0.25, 0.3) is 0 Å². The van der Waals surface area contributed by atoms with Gasteiger partial charge in [-0.1, -0.05) is 24.3 Å². The molecule has 0 amide bonds. The fraction of sp³-hybridized carbons (Fsp3) is 0.318. The van der Waals surface area contributed by atoms with Crippen LogP contribution in [0.25, 0.3) is 0 Å². The lowest BCUT2D eigenvalue weighted by molar-refractivity contribution is 0.414. The Morgan fingerprint density at radius 1 is 1.03 bits per heavy atom. The molecule has 31 heavy (non-hydrogen) atoms. The van der Waals surface area contributed by atoms with Crippen molar-refractivity contribution in [1.82, 2.24) is 25.4 Å². The number of hydrogen-bond acceptors (Lipinski definition) is 4. The van der Waals surface area contributed by atoms with Crippen LogP contribution in [-0.4, -0.2) is 34.4 Å². The minimum atomic E-state index is -0.253. The van der Waals surface area contributed by atoms with Gasteiger partial charge in [0.15, 0.2) is 11.8 Å². The first-order valence-electron chi connectivity index (χ1n) is 9.79. The fourth-order valence-electron chi connectivity index (χ4n) is 2.82. The summed E-state index contributed by atoms with van der Waals surface area (Å²) in [6.07, 6.45) is 0.838. The van der Waals surface area contributed by atoms with Crippen molar-refractivity contribution in [2.75, 3.05) is 13.7 Å². The number of ether oxygens (including phenoxy) is 1. The van der Waals surface area contributed by atoms with E-state index in [1.54, 1.807) is 19.2 Å². The van der Waals surface area contributed by atoms with Gasteiger partial charge in [0, 0.05) is 13.6 Å². The van der Waals surface area contributed by atoms with E-state index in [0.717, 1.165) is 29.4 Å². The molecule has 166 valence electrons. The molecule has 0 aliphatic heterocycles. The van der Waals surface area contributed by atoms with E-state index in [2.05, 4.69) is 25.8 Å². The molecule has 0 saturated carbocycles. The van der Waals surface area contributed by atoms with E-state index in [9.17, 15) is 4.39 Å². The third-order valence-corrected chi connectivity index (χ3v) is 4.79. The van der Waals surface area contributed by atoms with Crippen LogP contribution in [0.5, 0.6) is 5.75 Å². The van der Waals surface area contributed by atoms with Crippen LogP contribution in [0, 0.1) is 12.7 Å². The van der Waals surface area contributed by atoms with Crippen LogP contribution < -0.4 is 15.4 Å². The van der Waals surface area contributed by atoms with Crippen LogP contribution >= 0.6 is 24.0 Å². The van der Waals surface area contributed by atoms with Crippen molar-refractivity contribution >= 4 is 29.9 Å². The maximum atomic E-state index is 13.1. The summed E-state index contributed by atoms with van der Waals surface area (Å²) in [5.41, 5.74) is 2.13. The number of benzene rings is 2. The lowest BCUT2D eigenvalue weighted by atomic mass is 10.1. The lowest BCUT2D eigenvalue weighted by Crippen LogP contribution is -2.38. The topological polar surface area (TPSA) is 76.4 Å². The average Bonchev–Trinajstić information content (AvgIpc) is 3.09. The summed E-state index contributed by atoms with van der Waals surface area (Å²) >= 11 is 0. The van der Waals surface area contributed by atoms with E-state index in [-0.39, 0.29) is 29.8 Å². The van der Waals surface area contributed by atoms with E-state index in [4.69, 9.17) is 4.74 Å². The van der Waals surface area contributed by atoms with Gasteiger partial charge in [-0.3, -0.25) is 0 Å². The molecule has 1 heterocycles. The number of nitrogens with one attached hydrogen (secondary N) is 2. The highest BCUT2D eigenvalue weighted by molar-refractivity contribution is 14.0. The number of hydrogen-bond donors (Lipinski definition) is 2. The molecule has 0 saturated heterocycles. The molecule has 0 spiro atoms. The van der Waals surface area contributed by atoms with Crippen molar-refractivity contribution < 1.29 is 9.13 Å². The zero-order valence-electron chi connectivity index (χ0n) is 17.9. The van der Waals surface area contributed by atoms with E-state index in [0.29, 0.717) is 25.6 Å². The molecule has 0 unspecified atom stereocenters. The van der Waals surface area contributed by atoms with Crippen LogP contribution in [0.4, 0.5) is 4.39 Å². The Morgan fingerprint density at radius 3 is 2.32 bits per heavy atom. The summed E-state index contributed by atoms with van der Waals surface area (Å²) in [6.45, 7) is 3.55. The minimum absolute atomic E-state index is 0. The van der Waals surface area contributed by atoms with Gasteiger partial charge >= 0.3 is 0 Å². The first-order chi connectivity index (χ1) is 14.5. The summed E-state index contributed by atoms with van der Waals surface area (Å²) in [5.74, 6) is 2.92. The smallest absolute Gasteiger partial charge is 0.191 e. The van der Waals surface area contributed by atoms with Crippen molar-refractivity contribution in [3.63, 3.8) is 0 Å². The molecule has 0 atom stereocenters. The second-order valence-electron chi connectivity index (χ2n) is 6.89. The Labute approximate surface area is 199 Å². The standard InChI is InChI=1S/C22H27FN6O.HI/c1-16-27-28-21(29(16)2)15-26-22(25-14-18-4-8-19(23)9-5-18)24-13-12-17-6-10-20(30-3)11-7-17;/h4-11H,12-15H2,1-3H3,(H2,24,25,26);1H. The molecule has 0 fully saturated rings. The van der Waals surface area contributed by atoms with Crippen molar-refractivity contribution in [3.05, 3.63) is 77.1 Å². The van der Waals surface area contributed by atoms with Crippen LogP contribution in [-0.2, 0) is 26.6 Å². The van der Waals surface area contributed by atoms with Gasteiger partial charge in [0.2, 0.25) is 0 Å². The molecule has 0 bridgehead atoms. The molecular formula is C22H28FIN6O. The van der Waals surface area contributed by atoms with Gasteiger partial charge in [0.05, 0.1) is 20.2 Å². The SMILES string of the molecule is COc1ccc(CCNC(=NCc2ccc(F)cc2)NCc2nnc(C)n2C)cc1.I. The second kappa shape index (κ2) is 12.2. The summed E-state index contributed by atoms with van der Waals surface area (Å²) in [4.78, 5) is 4.63. The third-order valence-electron chi connectivity index (χ3n) is 4.79. The predicted octanol–water partition coefficient (Wildman–Crippen LogP) is 3.37. The summed E-state index contributed by atoms with van der Waals surface area (Å²) < 4.78 is 20.3. The molecule has 0 radical (unpaired) electrons. The number of aliphatic imine (C=N–C) groups is 1. The van der Waals surface area contributed by atoms with Crippen LogP contribution in [0.1, 0.15) is 22.8 Å². The monoisotopic (exact) mass is 538 g/mol. The average molecular weight is 538 g/mol. The van der Waals surface area contributed by atoms with Gasteiger partial charge in [-0.15, -0.1) is 34.2 Å². The number of aromatic nitrogens is 3. The molecule has 0 aliphatic carbocycles. The minimum Gasteiger partial charge on any atom is -0.497 e. The van der Waals surface area contributed by atoms with Crippen molar-refractivity contribution in [2.45, 2.75) is 26.4 Å². The lowest BCUT2D eigenvalue weighted by Gasteiger charge is -2.13. The molecule has 7 nitrogen and oxygen atoms in total. The van der Waals surface area contributed by atoms with E-state index < -0.39 is 0 Å². The second-order valence-corrected chi connectivity index (χ2v) is 6.89. The summed E-state index contributed by atoms with van der Waals surface area (Å²) in [6, 6.07) is 14.4. The number of nitrogens with zero attached hydrogens (tertiary/aromatic N) is 4. The van der Waals surface area contributed by atoms with E-state index in [1.165, 1.54) is 17.7 Å². The predicted molar refractivity (Wildman–Crippen MR) is 130 cm³/mol. The number of methoxy groups -OCH3 is 1. The normalized spacial score (nSPS) is 11.0. The van der Waals surface area contributed by atoms with Crippen molar-refractivity contribution in [3.8, 4) is 5.75 Å². The number of guanidine groups is 1. The first-order valence-corrected chi connectivity index (χ1v) is 9.79. The highest BCUT2D eigenvalue weighted by Crippen LogP contribution is 2.11. The summed E-state index contributed by atoms with van der Waals surface area (Å²) in [7, 11) is 3.59. The van der Waals surface area contributed by atoms with Crippen molar-refractivity contribution in [1.29, 1.82) is 0 Å². The fourth-order valence-corrected chi connectivity index (χ4v) is 2.82. The number of aryl methyl sites for hydroxylation is 1. The largest absolute Gasteiger partial charge is 0.497 e. The van der Waals surface area contributed by atoms with Gasteiger partial charge in [-0.25, -0.2) is 9.38 Å². The first kappa shape index (κ1) is 24.6. The Kier molecular flexibility index (Phi) is 9.70. The van der Waals surface area contributed by atoms with Crippen LogP contribution in [0.15, 0.2) is 53.5 Å². The van der Waals surface area contributed by atoms with E-state index >= 15 is 0 Å². The Hall–Kier alpha value is -2.69. The maximum Gasteiger partial charge on any atom is 0.191 e. The molecule has 1 aromatic heterocycles. The van der Waals surface area contributed by atoms with Gasteiger partial charge in [0.1, 0.15) is 17.4 Å². The quantitative estimate of drug-likeness (QED) is 0.262. The maximum absolute atomic E-state index is 13.1. The molecule has 9 heteroatoms. The Morgan fingerprint density at radius 2 is 1.71 bits per heavy atom. The molecular weight excluding hydrogens is 510 g/mol. The Bertz CT molecular complexity index is 973. The highest BCUT2D eigenvalue weighted by atomic mass is 127. The van der Waals surface area contributed by atoms with Crippen molar-refractivity contribution in [2.24, 2.45) is 12.0 Å². The Balaban J connectivity index is 0.00000341. The molecule has 0 aliphatic rings. The van der Waals surface area contributed by atoms with Gasteiger partial charge < -0.3 is 19.9 Å². The molecule has 3 aromatic rings. The number of halogens is 2. The van der Waals surface area contributed by atoms with Crippen LogP contribution in [0.3, 0.4) is 0 Å². The highest BCUT2D eigenvalue weighted by Gasteiger charge is 2.06. The zero-order valence-corrected chi connectivity index (χ0v) is 20.3.